The van der Waals surface area contributed by atoms with Gasteiger partial charge in [-0.05, 0) is 26.0 Å². The molecule has 0 spiro atoms. The minimum absolute atomic E-state index is 0.120. The first-order valence-electron chi connectivity index (χ1n) is 6.96. The average Bonchev–Trinajstić information content (AvgIpc) is 2.44. The number of hydrogen-bond donors (Lipinski definition) is 2. The Morgan fingerprint density at radius 2 is 1.87 bits per heavy atom. The fourth-order valence-corrected chi connectivity index (χ4v) is 1.90. The molecule has 1 aromatic heterocycles. The van der Waals surface area contributed by atoms with Crippen molar-refractivity contribution in [3.8, 4) is 17.0 Å². The Balaban J connectivity index is 2.38. The van der Waals surface area contributed by atoms with Crippen LogP contribution in [0.3, 0.4) is 0 Å². The lowest BCUT2D eigenvalue weighted by molar-refractivity contribution is -0.274. The first-order valence-corrected chi connectivity index (χ1v) is 6.96. The van der Waals surface area contributed by atoms with Gasteiger partial charge in [0.1, 0.15) is 11.6 Å². The van der Waals surface area contributed by atoms with E-state index in [2.05, 4.69) is 25.3 Å². The average molecular weight is 326 g/mol. The number of alkyl halides is 3. The SMILES string of the molecule is CNc1cc(-c2cccc(OC(F)(F)F)c2)nc(NC(C)C)n1. The molecule has 0 bridgehead atoms. The van der Waals surface area contributed by atoms with E-state index in [1.807, 2.05) is 13.8 Å². The molecule has 2 N–H and O–H groups in total. The van der Waals surface area contributed by atoms with Gasteiger partial charge in [-0.15, -0.1) is 13.2 Å². The predicted molar refractivity (Wildman–Crippen MR) is 82.5 cm³/mol. The lowest BCUT2D eigenvalue weighted by atomic mass is 10.1. The summed E-state index contributed by atoms with van der Waals surface area (Å²) in [5.74, 6) is 0.655. The van der Waals surface area contributed by atoms with Crippen molar-refractivity contribution in [1.82, 2.24) is 9.97 Å². The summed E-state index contributed by atoms with van der Waals surface area (Å²) in [5.41, 5.74) is 0.984. The predicted octanol–water partition coefficient (Wildman–Crippen LogP) is 3.90. The Kier molecular flexibility index (Phi) is 4.92. The van der Waals surface area contributed by atoms with Crippen LogP contribution in [0.5, 0.6) is 5.75 Å². The maximum absolute atomic E-state index is 12.3. The van der Waals surface area contributed by atoms with Crippen molar-refractivity contribution in [3.63, 3.8) is 0 Å². The van der Waals surface area contributed by atoms with Crippen LogP contribution in [-0.2, 0) is 0 Å². The Bertz CT molecular complexity index is 674. The molecule has 0 atom stereocenters. The molecule has 0 saturated carbocycles. The molecule has 0 aliphatic carbocycles. The van der Waals surface area contributed by atoms with Crippen molar-refractivity contribution in [3.05, 3.63) is 30.3 Å². The third-order valence-corrected chi connectivity index (χ3v) is 2.76. The highest BCUT2D eigenvalue weighted by molar-refractivity contribution is 5.65. The molecule has 0 saturated heterocycles. The number of nitrogens with one attached hydrogen (secondary N) is 2. The molecule has 0 fully saturated rings. The van der Waals surface area contributed by atoms with E-state index in [4.69, 9.17) is 0 Å². The van der Waals surface area contributed by atoms with Gasteiger partial charge >= 0.3 is 6.36 Å². The molecule has 2 aromatic rings. The Morgan fingerprint density at radius 3 is 2.48 bits per heavy atom. The smallest absolute Gasteiger partial charge is 0.406 e. The van der Waals surface area contributed by atoms with Crippen LogP contribution < -0.4 is 15.4 Å². The van der Waals surface area contributed by atoms with Crippen molar-refractivity contribution in [2.24, 2.45) is 0 Å². The standard InChI is InChI=1S/C15H17F3N4O/c1-9(2)20-14-21-12(8-13(19-3)22-14)10-5-4-6-11(7-10)23-15(16,17)18/h4-9H,1-3H3,(H2,19,20,21,22). The summed E-state index contributed by atoms with van der Waals surface area (Å²) in [6.07, 6.45) is -4.73. The maximum atomic E-state index is 12.3. The van der Waals surface area contributed by atoms with Crippen molar-refractivity contribution in [2.75, 3.05) is 17.7 Å². The van der Waals surface area contributed by atoms with Crippen LogP contribution in [0.4, 0.5) is 24.9 Å². The van der Waals surface area contributed by atoms with Crippen molar-refractivity contribution < 1.29 is 17.9 Å². The van der Waals surface area contributed by atoms with Gasteiger partial charge in [-0.25, -0.2) is 4.98 Å². The quantitative estimate of drug-likeness (QED) is 0.872. The van der Waals surface area contributed by atoms with Crippen LogP contribution in [0.25, 0.3) is 11.3 Å². The van der Waals surface area contributed by atoms with Crippen molar-refractivity contribution >= 4 is 11.8 Å². The van der Waals surface area contributed by atoms with E-state index in [0.29, 0.717) is 23.0 Å². The fraction of sp³-hybridized carbons (Fsp3) is 0.333. The first kappa shape index (κ1) is 16.9. The molecule has 0 radical (unpaired) electrons. The zero-order chi connectivity index (χ0) is 17.0. The van der Waals surface area contributed by atoms with Gasteiger partial charge in [0.2, 0.25) is 5.95 Å². The summed E-state index contributed by atoms with van der Waals surface area (Å²) >= 11 is 0. The Hall–Kier alpha value is -2.51. The summed E-state index contributed by atoms with van der Waals surface area (Å²) in [6, 6.07) is 7.43. The molecule has 2 rings (SSSR count). The van der Waals surface area contributed by atoms with Crippen LogP contribution in [-0.4, -0.2) is 29.4 Å². The second-order valence-corrected chi connectivity index (χ2v) is 5.09. The van der Waals surface area contributed by atoms with Crippen LogP contribution in [0.2, 0.25) is 0 Å². The van der Waals surface area contributed by atoms with Gasteiger partial charge < -0.3 is 15.4 Å². The van der Waals surface area contributed by atoms with Gasteiger partial charge in [0.25, 0.3) is 0 Å². The van der Waals surface area contributed by atoms with Gasteiger partial charge in [-0.1, -0.05) is 12.1 Å². The number of benzene rings is 1. The molecule has 0 aliphatic heterocycles. The summed E-state index contributed by atoms with van der Waals surface area (Å²) in [7, 11) is 1.70. The van der Waals surface area contributed by atoms with Crippen molar-refractivity contribution in [1.29, 1.82) is 0 Å². The van der Waals surface area contributed by atoms with E-state index in [-0.39, 0.29) is 11.8 Å². The largest absolute Gasteiger partial charge is 0.573 e. The van der Waals surface area contributed by atoms with E-state index < -0.39 is 6.36 Å². The van der Waals surface area contributed by atoms with E-state index in [1.165, 1.54) is 18.2 Å². The van der Waals surface area contributed by atoms with Gasteiger partial charge in [0.15, 0.2) is 0 Å². The van der Waals surface area contributed by atoms with E-state index in [1.54, 1.807) is 19.2 Å². The first-order chi connectivity index (χ1) is 10.8. The second kappa shape index (κ2) is 6.72. The minimum atomic E-state index is -4.73. The second-order valence-electron chi connectivity index (χ2n) is 5.09. The van der Waals surface area contributed by atoms with E-state index in [9.17, 15) is 13.2 Å². The van der Waals surface area contributed by atoms with Crippen molar-refractivity contribution in [2.45, 2.75) is 26.3 Å². The Labute approximate surface area is 131 Å². The fourth-order valence-electron chi connectivity index (χ4n) is 1.90. The third-order valence-electron chi connectivity index (χ3n) is 2.76. The number of halogens is 3. The van der Waals surface area contributed by atoms with Crippen LogP contribution >= 0.6 is 0 Å². The van der Waals surface area contributed by atoms with E-state index >= 15 is 0 Å². The zero-order valence-electron chi connectivity index (χ0n) is 12.9. The van der Waals surface area contributed by atoms with E-state index in [0.717, 1.165) is 0 Å². The summed E-state index contributed by atoms with van der Waals surface area (Å²) in [5, 5.41) is 5.97. The summed E-state index contributed by atoms with van der Waals surface area (Å²) in [6.45, 7) is 3.87. The molecule has 0 amide bonds. The molecule has 5 nitrogen and oxygen atoms in total. The molecule has 0 unspecified atom stereocenters. The molecule has 0 aliphatic rings. The molecule has 1 heterocycles. The van der Waals surface area contributed by atoms with Gasteiger partial charge in [0, 0.05) is 24.7 Å². The van der Waals surface area contributed by atoms with Crippen LogP contribution in [0.1, 0.15) is 13.8 Å². The number of aromatic nitrogens is 2. The number of anilines is 2. The topological polar surface area (TPSA) is 59.1 Å². The lowest BCUT2D eigenvalue weighted by Gasteiger charge is -2.13. The Morgan fingerprint density at radius 1 is 1.13 bits per heavy atom. The summed E-state index contributed by atoms with van der Waals surface area (Å²) < 4.78 is 40.9. The minimum Gasteiger partial charge on any atom is -0.406 e. The molecule has 23 heavy (non-hydrogen) atoms. The number of rotatable bonds is 5. The highest BCUT2D eigenvalue weighted by Crippen LogP contribution is 2.28. The summed E-state index contributed by atoms with van der Waals surface area (Å²) in [4.78, 5) is 8.59. The van der Waals surface area contributed by atoms with Crippen LogP contribution in [0.15, 0.2) is 30.3 Å². The number of hydrogen-bond acceptors (Lipinski definition) is 5. The molecular weight excluding hydrogens is 309 g/mol. The number of ether oxygens (including phenoxy) is 1. The molecule has 8 heteroatoms. The molecule has 1 aromatic carbocycles. The maximum Gasteiger partial charge on any atom is 0.573 e. The lowest BCUT2D eigenvalue weighted by Crippen LogP contribution is -2.17. The molecular formula is C15H17F3N4O. The number of nitrogens with zero attached hydrogens (tertiary/aromatic N) is 2. The highest BCUT2D eigenvalue weighted by Gasteiger charge is 2.31. The van der Waals surface area contributed by atoms with Gasteiger partial charge in [-0.2, -0.15) is 4.98 Å². The third kappa shape index (κ3) is 5.01. The van der Waals surface area contributed by atoms with Crippen LogP contribution in [0, 0.1) is 0 Å². The molecule has 124 valence electrons. The zero-order valence-corrected chi connectivity index (χ0v) is 12.9. The van der Waals surface area contributed by atoms with Gasteiger partial charge in [0.05, 0.1) is 5.69 Å². The normalized spacial score (nSPS) is 11.4. The highest BCUT2D eigenvalue weighted by atomic mass is 19.4. The monoisotopic (exact) mass is 326 g/mol. The van der Waals surface area contributed by atoms with Gasteiger partial charge in [-0.3, -0.25) is 0 Å².